The Morgan fingerprint density at radius 1 is 0.738 bits per heavy atom. The van der Waals surface area contributed by atoms with Gasteiger partial charge in [0.05, 0.1) is 66.0 Å². The molecule has 0 atom stereocenters. The van der Waals surface area contributed by atoms with Crippen molar-refractivity contribution in [3.05, 3.63) is 65.0 Å². The molecule has 11 nitrogen and oxygen atoms in total. The Bertz CT molecular complexity index is 1760. The van der Waals surface area contributed by atoms with Crippen LogP contribution in [0.2, 0.25) is 0 Å². The molecule has 0 radical (unpaired) electrons. The molecule has 2 heterocycles. The van der Waals surface area contributed by atoms with Crippen LogP contribution >= 0.6 is 0 Å². The van der Waals surface area contributed by atoms with Crippen molar-refractivity contribution in [1.82, 2.24) is 9.97 Å². The maximum Gasteiger partial charge on any atom is 0.239 e. The lowest BCUT2D eigenvalue weighted by Crippen LogP contribution is -2.14. The number of rotatable bonds is 12. The molecule has 0 aliphatic heterocycles. The molecule has 5 rings (SSSR count). The summed E-state index contributed by atoms with van der Waals surface area (Å²) in [5.41, 5.74) is 1.83. The summed E-state index contributed by atoms with van der Waals surface area (Å²) < 4.78 is 45.5. The van der Waals surface area contributed by atoms with E-state index >= 15 is 0 Å². The van der Waals surface area contributed by atoms with Crippen molar-refractivity contribution in [3.8, 4) is 51.7 Å². The summed E-state index contributed by atoms with van der Waals surface area (Å²) >= 11 is 0. The molecule has 42 heavy (non-hydrogen) atoms. The molecule has 0 N–H and O–H groups in total. The summed E-state index contributed by atoms with van der Waals surface area (Å²) in [7, 11) is 7.50. The molecule has 11 heteroatoms. The van der Waals surface area contributed by atoms with Gasteiger partial charge in [-0.25, -0.2) is 9.97 Å². The van der Waals surface area contributed by atoms with Crippen molar-refractivity contribution in [3.63, 3.8) is 0 Å². The molecule has 0 aliphatic rings. The molecule has 2 aromatic heterocycles. The molecule has 0 saturated heterocycles. The third-order valence-electron chi connectivity index (χ3n) is 6.49. The van der Waals surface area contributed by atoms with E-state index in [0.29, 0.717) is 40.9 Å². The quantitative estimate of drug-likeness (QED) is 0.181. The highest BCUT2D eigenvalue weighted by Gasteiger charge is 2.24. The lowest BCUT2D eigenvalue weighted by atomic mass is 10.1. The van der Waals surface area contributed by atoms with E-state index in [1.165, 1.54) is 35.5 Å². The van der Waals surface area contributed by atoms with Crippen LogP contribution in [-0.4, -0.2) is 58.7 Å². The smallest absolute Gasteiger partial charge is 0.239 e. The van der Waals surface area contributed by atoms with Crippen LogP contribution in [0.5, 0.6) is 40.4 Å². The number of fused-ring (bicyclic) bond motifs is 2. The summed E-state index contributed by atoms with van der Waals surface area (Å²) in [6.07, 6.45) is 2.02. The summed E-state index contributed by atoms with van der Waals surface area (Å²) in [4.78, 5) is 22.7. The van der Waals surface area contributed by atoms with E-state index < -0.39 is 5.43 Å². The van der Waals surface area contributed by atoms with Gasteiger partial charge in [-0.1, -0.05) is 12.1 Å². The Labute approximate surface area is 241 Å². The highest BCUT2D eigenvalue weighted by molar-refractivity contribution is 5.89. The average Bonchev–Trinajstić information content (AvgIpc) is 3.03. The Morgan fingerprint density at radius 2 is 1.43 bits per heavy atom. The number of aromatic nitrogens is 2. The molecule has 0 amide bonds. The van der Waals surface area contributed by atoms with Crippen molar-refractivity contribution < 1.29 is 37.6 Å². The van der Waals surface area contributed by atoms with Crippen LogP contribution in [0, 0.1) is 0 Å². The minimum absolute atomic E-state index is 0.00858. The van der Waals surface area contributed by atoms with Gasteiger partial charge in [-0.15, -0.1) is 0 Å². The topological polar surface area (TPSA) is 121 Å². The van der Waals surface area contributed by atoms with Crippen LogP contribution in [0.4, 0.5) is 0 Å². The second-order valence-corrected chi connectivity index (χ2v) is 8.95. The van der Waals surface area contributed by atoms with E-state index in [1.54, 1.807) is 30.5 Å². The minimum Gasteiger partial charge on any atom is -0.496 e. The number of benzene rings is 3. The first-order valence-corrected chi connectivity index (χ1v) is 13.0. The monoisotopic (exact) mass is 574 g/mol. The number of ether oxygens (including phenoxy) is 7. The zero-order valence-electron chi connectivity index (χ0n) is 23.9. The van der Waals surface area contributed by atoms with Gasteiger partial charge in [0.25, 0.3) is 0 Å². The fourth-order valence-corrected chi connectivity index (χ4v) is 4.47. The van der Waals surface area contributed by atoms with Crippen LogP contribution in [0.15, 0.2) is 63.9 Å². The van der Waals surface area contributed by atoms with Gasteiger partial charge >= 0.3 is 0 Å². The molecule has 0 saturated carbocycles. The van der Waals surface area contributed by atoms with Crippen molar-refractivity contribution >= 4 is 22.0 Å². The number of methoxy groups -OCH3 is 5. The molecular formula is C31H30N2O9. The Balaban J connectivity index is 1.49. The summed E-state index contributed by atoms with van der Waals surface area (Å²) in [6, 6.07) is 14.1. The zero-order chi connectivity index (χ0) is 29.6. The predicted octanol–water partition coefficient (Wildman–Crippen LogP) is 5.29. The first-order valence-electron chi connectivity index (χ1n) is 13.0. The molecular weight excluding hydrogens is 544 g/mol. The second kappa shape index (κ2) is 12.5. The van der Waals surface area contributed by atoms with Crippen LogP contribution in [0.3, 0.4) is 0 Å². The molecule has 0 fully saturated rings. The van der Waals surface area contributed by atoms with Gasteiger partial charge in [0, 0.05) is 24.1 Å². The first-order chi connectivity index (χ1) is 20.5. The normalized spacial score (nSPS) is 10.9. The van der Waals surface area contributed by atoms with Crippen molar-refractivity contribution in [2.24, 2.45) is 0 Å². The molecule has 5 aromatic rings. The summed E-state index contributed by atoms with van der Waals surface area (Å²) in [5, 5.41) is 0.215. The van der Waals surface area contributed by atoms with Gasteiger partial charge in [0.1, 0.15) is 22.5 Å². The highest BCUT2D eigenvalue weighted by atomic mass is 16.5. The van der Waals surface area contributed by atoms with E-state index in [0.717, 1.165) is 11.0 Å². The first kappa shape index (κ1) is 28.3. The van der Waals surface area contributed by atoms with Crippen LogP contribution < -0.4 is 38.6 Å². The van der Waals surface area contributed by atoms with Crippen LogP contribution in [0.1, 0.15) is 6.42 Å². The highest BCUT2D eigenvalue weighted by Crippen LogP contribution is 2.44. The fourth-order valence-electron chi connectivity index (χ4n) is 4.47. The molecule has 0 unspecified atom stereocenters. The third kappa shape index (κ3) is 5.53. The fraction of sp³-hybridized carbons (Fsp3) is 0.258. The number of para-hydroxylation sites is 2. The lowest BCUT2D eigenvalue weighted by Gasteiger charge is -2.17. The van der Waals surface area contributed by atoms with Gasteiger partial charge in [0.15, 0.2) is 17.3 Å². The molecule has 0 bridgehead atoms. The SMILES string of the molecule is COc1cc(OC)c2c(=O)c(OCCCOc3cnc4ccccc4n3)c(-c3cc(OC)c(OC)c(OC)c3)oc2c1. The van der Waals surface area contributed by atoms with Gasteiger partial charge in [-0.3, -0.25) is 4.79 Å². The maximum atomic E-state index is 13.9. The average molecular weight is 575 g/mol. The van der Waals surface area contributed by atoms with Gasteiger partial charge in [0.2, 0.25) is 22.8 Å². The van der Waals surface area contributed by atoms with E-state index in [2.05, 4.69) is 9.97 Å². The van der Waals surface area contributed by atoms with Crippen LogP contribution in [-0.2, 0) is 0 Å². The van der Waals surface area contributed by atoms with E-state index in [9.17, 15) is 4.79 Å². The minimum atomic E-state index is -0.416. The predicted molar refractivity (Wildman–Crippen MR) is 156 cm³/mol. The van der Waals surface area contributed by atoms with Gasteiger partial charge < -0.3 is 37.6 Å². The summed E-state index contributed by atoms with van der Waals surface area (Å²) in [5.74, 6) is 2.47. The Kier molecular flexibility index (Phi) is 8.47. The second-order valence-electron chi connectivity index (χ2n) is 8.95. The largest absolute Gasteiger partial charge is 0.496 e. The maximum absolute atomic E-state index is 13.9. The van der Waals surface area contributed by atoms with Crippen molar-refractivity contribution in [2.45, 2.75) is 6.42 Å². The lowest BCUT2D eigenvalue weighted by molar-refractivity contribution is 0.239. The molecule has 0 aliphatic carbocycles. The van der Waals surface area contributed by atoms with Crippen molar-refractivity contribution in [2.75, 3.05) is 48.8 Å². The van der Waals surface area contributed by atoms with E-state index in [-0.39, 0.29) is 41.4 Å². The summed E-state index contributed by atoms with van der Waals surface area (Å²) in [6.45, 7) is 0.430. The number of hydrogen-bond acceptors (Lipinski definition) is 11. The third-order valence-corrected chi connectivity index (χ3v) is 6.49. The Morgan fingerprint density at radius 3 is 2.10 bits per heavy atom. The Hall–Kier alpha value is -5.19. The van der Waals surface area contributed by atoms with Gasteiger partial charge in [-0.2, -0.15) is 0 Å². The number of hydrogen-bond donors (Lipinski definition) is 0. The van der Waals surface area contributed by atoms with E-state index in [1.807, 2.05) is 24.3 Å². The van der Waals surface area contributed by atoms with Crippen molar-refractivity contribution in [1.29, 1.82) is 0 Å². The zero-order valence-corrected chi connectivity index (χ0v) is 23.9. The van der Waals surface area contributed by atoms with Crippen LogP contribution in [0.25, 0.3) is 33.3 Å². The molecule has 0 spiro atoms. The standard InChI is InChI=1S/C31H30N2O9/c1-35-19-15-22(36-2)27-23(16-19)42-29(18-13-24(37-3)30(39-5)25(14-18)38-4)31(28(27)34)41-12-8-11-40-26-17-32-20-9-6-7-10-21(20)33-26/h6-7,9-10,13-17H,8,11-12H2,1-5H3. The van der Waals surface area contributed by atoms with Gasteiger partial charge in [-0.05, 0) is 24.3 Å². The molecule has 218 valence electrons. The number of nitrogens with zero attached hydrogens (tertiary/aromatic N) is 2. The van der Waals surface area contributed by atoms with E-state index in [4.69, 9.17) is 37.6 Å². The molecule has 3 aromatic carbocycles.